The molecule has 0 aliphatic carbocycles. The van der Waals surface area contributed by atoms with Gasteiger partial charge in [-0.1, -0.05) is 49.4 Å². The molecule has 0 fully saturated rings. The highest BCUT2D eigenvalue weighted by Crippen LogP contribution is 2.27. The normalized spacial score (nSPS) is 11.3. The Kier molecular flexibility index (Phi) is 6.23. The zero-order valence-electron chi connectivity index (χ0n) is 17.1. The van der Waals surface area contributed by atoms with Crippen LogP contribution < -0.4 is 15.0 Å². The number of para-hydroxylation sites is 3. The van der Waals surface area contributed by atoms with Gasteiger partial charge in [0.15, 0.2) is 16.7 Å². The van der Waals surface area contributed by atoms with E-state index in [0.29, 0.717) is 41.6 Å². The molecule has 4 rings (SSSR count). The van der Waals surface area contributed by atoms with E-state index in [-0.39, 0.29) is 5.56 Å². The minimum absolute atomic E-state index is 0.0185. The van der Waals surface area contributed by atoms with Crippen molar-refractivity contribution in [1.29, 1.82) is 0 Å². The molecule has 0 unspecified atom stereocenters. The Morgan fingerprint density at radius 2 is 1.80 bits per heavy atom. The van der Waals surface area contributed by atoms with Crippen LogP contribution in [0.4, 0.5) is 0 Å². The number of fused-ring (bicyclic) bond motifs is 3. The monoisotopic (exact) mass is 424 g/mol. The topological polar surface area (TPSA) is 70.7 Å². The van der Waals surface area contributed by atoms with E-state index in [1.807, 2.05) is 52.9 Å². The maximum atomic E-state index is 13.0. The molecule has 2 aromatic heterocycles. The second-order valence-electron chi connectivity index (χ2n) is 6.79. The first-order valence-corrected chi connectivity index (χ1v) is 11.0. The zero-order valence-corrected chi connectivity index (χ0v) is 17.9. The predicted molar refractivity (Wildman–Crippen MR) is 119 cm³/mol. The zero-order chi connectivity index (χ0) is 20.9. The van der Waals surface area contributed by atoms with Crippen molar-refractivity contribution in [3.8, 4) is 11.5 Å². The second-order valence-corrected chi connectivity index (χ2v) is 7.86. The van der Waals surface area contributed by atoms with E-state index in [9.17, 15) is 4.79 Å². The number of unbranched alkanes of at least 4 members (excludes halogenated alkanes) is 1. The van der Waals surface area contributed by atoms with Gasteiger partial charge in [-0.25, -0.2) is 0 Å². The Hall–Kier alpha value is -3.00. The molecule has 0 atom stereocenters. The summed E-state index contributed by atoms with van der Waals surface area (Å²) in [6.07, 6.45) is 1.91. The smallest absolute Gasteiger partial charge is 0.262 e. The van der Waals surface area contributed by atoms with Gasteiger partial charge in [0, 0.05) is 12.3 Å². The van der Waals surface area contributed by atoms with Crippen LogP contribution >= 0.6 is 11.8 Å². The molecule has 8 heteroatoms. The van der Waals surface area contributed by atoms with Crippen molar-refractivity contribution in [2.75, 3.05) is 19.5 Å². The molecule has 30 heavy (non-hydrogen) atoms. The van der Waals surface area contributed by atoms with Gasteiger partial charge in [0.1, 0.15) is 0 Å². The van der Waals surface area contributed by atoms with Crippen molar-refractivity contribution in [3.05, 3.63) is 58.9 Å². The summed E-state index contributed by atoms with van der Waals surface area (Å²) in [5.41, 5.74) is 0.804. The molecule has 0 saturated carbocycles. The standard InChI is InChI=1S/C22H24N4O3S/c1-3-4-13-25-20(27)16-9-5-6-10-17(16)26-21(25)23-24-22(26)30-15-14-29-19-12-8-7-11-18(19)28-2/h5-12H,3-4,13-15H2,1-2H3. The number of hydrogen-bond acceptors (Lipinski definition) is 6. The molecular formula is C22H24N4O3S. The molecule has 2 aromatic carbocycles. The molecule has 0 amide bonds. The van der Waals surface area contributed by atoms with Gasteiger partial charge >= 0.3 is 0 Å². The Labute approximate surface area is 178 Å². The number of methoxy groups -OCH3 is 1. The van der Waals surface area contributed by atoms with E-state index in [4.69, 9.17) is 9.47 Å². The van der Waals surface area contributed by atoms with E-state index < -0.39 is 0 Å². The number of hydrogen-bond donors (Lipinski definition) is 0. The molecule has 0 aliphatic rings. The molecule has 0 N–H and O–H groups in total. The predicted octanol–water partition coefficient (Wildman–Crippen LogP) is 4.02. The lowest BCUT2D eigenvalue weighted by Crippen LogP contribution is -2.23. The molecule has 0 spiro atoms. The minimum Gasteiger partial charge on any atom is -0.493 e. The number of aryl methyl sites for hydroxylation is 1. The molecule has 0 aliphatic heterocycles. The first-order chi connectivity index (χ1) is 14.7. The molecule has 0 radical (unpaired) electrons. The average molecular weight is 425 g/mol. The number of nitrogens with zero attached hydrogens (tertiary/aromatic N) is 4. The van der Waals surface area contributed by atoms with E-state index >= 15 is 0 Å². The summed E-state index contributed by atoms with van der Waals surface area (Å²) in [7, 11) is 1.63. The Morgan fingerprint density at radius 3 is 2.60 bits per heavy atom. The van der Waals surface area contributed by atoms with Crippen LogP contribution in [0.15, 0.2) is 58.5 Å². The average Bonchev–Trinajstić information content (AvgIpc) is 3.21. The quantitative estimate of drug-likeness (QED) is 0.299. The molecule has 156 valence electrons. The highest BCUT2D eigenvalue weighted by molar-refractivity contribution is 7.99. The summed E-state index contributed by atoms with van der Waals surface area (Å²) in [6, 6.07) is 15.2. The van der Waals surface area contributed by atoms with Crippen LogP contribution in [0.25, 0.3) is 16.7 Å². The van der Waals surface area contributed by atoms with E-state index in [1.165, 1.54) is 0 Å². The van der Waals surface area contributed by atoms with Gasteiger partial charge in [-0.15, -0.1) is 10.2 Å². The van der Waals surface area contributed by atoms with Crippen LogP contribution in [0.5, 0.6) is 11.5 Å². The number of rotatable bonds is 9. The first-order valence-electron chi connectivity index (χ1n) is 10.00. The molecule has 0 bridgehead atoms. The minimum atomic E-state index is -0.0185. The summed E-state index contributed by atoms with van der Waals surface area (Å²) in [4.78, 5) is 13.0. The summed E-state index contributed by atoms with van der Waals surface area (Å²) in [6.45, 7) is 3.23. The van der Waals surface area contributed by atoms with Crippen molar-refractivity contribution in [1.82, 2.24) is 19.2 Å². The Morgan fingerprint density at radius 1 is 1.03 bits per heavy atom. The van der Waals surface area contributed by atoms with Crippen molar-refractivity contribution in [3.63, 3.8) is 0 Å². The summed E-state index contributed by atoms with van der Waals surface area (Å²) < 4.78 is 14.9. The lowest BCUT2D eigenvalue weighted by atomic mass is 10.2. The summed E-state index contributed by atoms with van der Waals surface area (Å²) >= 11 is 1.55. The SMILES string of the molecule is CCCCn1c(=O)c2ccccc2n2c(SCCOc3ccccc3OC)nnc12. The highest BCUT2D eigenvalue weighted by atomic mass is 32.2. The summed E-state index contributed by atoms with van der Waals surface area (Å²) in [5.74, 6) is 2.69. The lowest BCUT2D eigenvalue weighted by Gasteiger charge is -2.11. The third-order valence-electron chi connectivity index (χ3n) is 4.85. The third-order valence-corrected chi connectivity index (χ3v) is 5.75. The number of thioether (sulfide) groups is 1. The fourth-order valence-corrected chi connectivity index (χ4v) is 4.12. The van der Waals surface area contributed by atoms with Crippen LogP contribution in [-0.2, 0) is 6.54 Å². The van der Waals surface area contributed by atoms with Crippen LogP contribution in [0, 0.1) is 0 Å². The maximum absolute atomic E-state index is 13.0. The van der Waals surface area contributed by atoms with Crippen molar-refractivity contribution in [2.24, 2.45) is 0 Å². The fourth-order valence-electron chi connectivity index (χ4n) is 3.37. The lowest BCUT2D eigenvalue weighted by molar-refractivity contribution is 0.313. The molecule has 2 heterocycles. The Balaban J connectivity index is 1.60. The maximum Gasteiger partial charge on any atom is 0.262 e. The van der Waals surface area contributed by atoms with Gasteiger partial charge in [0.2, 0.25) is 5.78 Å². The van der Waals surface area contributed by atoms with Gasteiger partial charge in [-0.2, -0.15) is 0 Å². The number of benzene rings is 2. The third kappa shape index (κ3) is 3.87. The van der Waals surface area contributed by atoms with Crippen LogP contribution in [0.2, 0.25) is 0 Å². The largest absolute Gasteiger partial charge is 0.493 e. The van der Waals surface area contributed by atoms with E-state index in [0.717, 1.165) is 23.5 Å². The van der Waals surface area contributed by atoms with Crippen molar-refractivity contribution in [2.45, 2.75) is 31.5 Å². The number of ether oxygens (including phenoxy) is 2. The first kappa shape index (κ1) is 20.3. The number of aromatic nitrogens is 4. The molecule has 4 aromatic rings. The van der Waals surface area contributed by atoms with Crippen molar-refractivity contribution >= 4 is 28.4 Å². The van der Waals surface area contributed by atoms with Gasteiger partial charge in [0.25, 0.3) is 5.56 Å². The molecular weight excluding hydrogens is 400 g/mol. The van der Waals surface area contributed by atoms with Gasteiger partial charge in [-0.3, -0.25) is 13.8 Å². The van der Waals surface area contributed by atoms with Gasteiger partial charge in [0.05, 0.1) is 24.6 Å². The highest BCUT2D eigenvalue weighted by Gasteiger charge is 2.16. The van der Waals surface area contributed by atoms with Gasteiger partial charge in [-0.05, 0) is 30.7 Å². The fraction of sp³-hybridized carbons (Fsp3) is 0.318. The van der Waals surface area contributed by atoms with E-state index in [1.54, 1.807) is 23.4 Å². The van der Waals surface area contributed by atoms with Crippen LogP contribution in [0.3, 0.4) is 0 Å². The second kappa shape index (κ2) is 9.21. The van der Waals surface area contributed by atoms with Crippen molar-refractivity contribution < 1.29 is 9.47 Å². The van der Waals surface area contributed by atoms with Crippen LogP contribution in [0.1, 0.15) is 19.8 Å². The molecule has 0 saturated heterocycles. The van der Waals surface area contributed by atoms with Crippen LogP contribution in [-0.4, -0.2) is 38.6 Å². The van der Waals surface area contributed by atoms with Gasteiger partial charge < -0.3 is 9.47 Å². The Bertz CT molecular complexity index is 1220. The summed E-state index contributed by atoms with van der Waals surface area (Å²) in [5, 5.41) is 10.1. The van der Waals surface area contributed by atoms with E-state index in [2.05, 4.69) is 17.1 Å². The molecule has 7 nitrogen and oxygen atoms in total.